The lowest BCUT2D eigenvalue weighted by Crippen LogP contribution is -2.34. The molecule has 0 aliphatic rings. The van der Waals surface area contributed by atoms with E-state index in [1.807, 2.05) is 66.4 Å². The summed E-state index contributed by atoms with van der Waals surface area (Å²) in [5.41, 5.74) is 8.76. The van der Waals surface area contributed by atoms with Crippen LogP contribution in [-0.2, 0) is 11.2 Å². The third kappa shape index (κ3) is 4.43. The van der Waals surface area contributed by atoms with E-state index in [0.717, 1.165) is 17.7 Å². The monoisotopic (exact) mass is 282 g/mol. The maximum absolute atomic E-state index is 12.6. The van der Waals surface area contributed by atoms with Gasteiger partial charge >= 0.3 is 0 Å². The van der Waals surface area contributed by atoms with Gasteiger partial charge in [0.05, 0.1) is 6.42 Å². The highest BCUT2D eigenvalue weighted by Gasteiger charge is 2.15. The molecule has 0 heterocycles. The SMILES string of the molecule is Cc1ccc(N(CCCN)C(=O)Cc2ccccc2)cc1. The van der Waals surface area contributed by atoms with Gasteiger partial charge in [-0.1, -0.05) is 48.0 Å². The highest BCUT2D eigenvalue weighted by Crippen LogP contribution is 2.17. The molecule has 0 aromatic heterocycles. The number of benzene rings is 2. The van der Waals surface area contributed by atoms with Gasteiger partial charge in [-0.2, -0.15) is 0 Å². The Morgan fingerprint density at radius 3 is 2.33 bits per heavy atom. The minimum atomic E-state index is 0.110. The van der Waals surface area contributed by atoms with Gasteiger partial charge in [0, 0.05) is 12.2 Å². The largest absolute Gasteiger partial charge is 0.330 e. The van der Waals surface area contributed by atoms with E-state index in [4.69, 9.17) is 5.73 Å². The zero-order valence-electron chi connectivity index (χ0n) is 12.5. The van der Waals surface area contributed by atoms with E-state index in [2.05, 4.69) is 0 Å². The van der Waals surface area contributed by atoms with Gasteiger partial charge in [-0.05, 0) is 37.6 Å². The molecule has 0 aliphatic carbocycles. The Balaban J connectivity index is 2.15. The smallest absolute Gasteiger partial charge is 0.231 e. The highest BCUT2D eigenvalue weighted by atomic mass is 16.2. The highest BCUT2D eigenvalue weighted by molar-refractivity contribution is 5.94. The lowest BCUT2D eigenvalue weighted by Gasteiger charge is -2.23. The van der Waals surface area contributed by atoms with Crippen molar-refractivity contribution in [2.45, 2.75) is 19.8 Å². The molecular weight excluding hydrogens is 260 g/mol. The first-order chi connectivity index (χ1) is 10.2. The van der Waals surface area contributed by atoms with E-state index in [-0.39, 0.29) is 5.91 Å². The number of nitrogens with zero attached hydrogens (tertiary/aromatic N) is 1. The molecule has 0 bridgehead atoms. The fraction of sp³-hybridized carbons (Fsp3) is 0.278. The van der Waals surface area contributed by atoms with Crippen molar-refractivity contribution in [1.29, 1.82) is 0 Å². The number of carbonyl (C=O) groups excluding carboxylic acids is 1. The van der Waals surface area contributed by atoms with Crippen molar-refractivity contribution in [2.24, 2.45) is 5.73 Å². The quantitative estimate of drug-likeness (QED) is 0.885. The van der Waals surface area contributed by atoms with Crippen molar-refractivity contribution in [2.75, 3.05) is 18.0 Å². The van der Waals surface area contributed by atoms with E-state index >= 15 is 0 Å². The number of carbonyl (C=O) groups is 1. The lowest BCUT2D eigenvalue weighted by molar-refractivity contribution is -0.118. The van der Waals surface area contributed by atoms with Crippen LogP contribution in [0.4, 0.5) is 5.69 Å². The topological polar surface area (TPSA) is 46.3 Å². The van der Waals surface area contributed by atoms with Crippen LogP contribution in [0.3, 0.4) is 0 Å². The number of rotatable bonds is 6. The molecular formula is C18H22N2O. The number of hydrogen-bond acceptors (Lipinski definition) is 2. The van der Waals surface area contributed by atoms with Crippen LogP contribution in [0, 0.1) is 6.92 Å². The first-order valence-corrected chi connectivity index (χ1v) is 7.31. The molecule has 0 aliphatic heterocycles. The summed E-state index contributed by atoms with van der Waals surface area (Å²) in [4.78, 5) is 14.4. The fourth-order valence-electron chi connectivity index (χ4n) is 2.24. The fourth-order valence-corrected chi connectivity index (χ4v) is 2.24. The summed E-state index contributed by atoms with van der Waals surface area (Å²) in [6.07, 6.45) is 1.22. The Hall–Kier alpha value is -2.13. The summed E-state index contributed by atoms with van der Waals surface area (Å²) in [6.45, 7) is 3.28. The Morgan fingerprint density at radius 1 is 1.05 bits per heavy atom. The molecule has 0 saturated heterocycles. The van der Waals surface area contributed by atoms with Gasteiger partial charge in [0.1, 0.15) is 0 Å². The van der Waals surface area contributed by atoms with Crippen LogP contribution in [0.25, 0.3) is 0 Å². The number of anilines is 1. The standard InChI is InChI=1S/C18H22N2O/c1-15-8-10-17(11-9-15)20(13-5-12-19)18(21)14-16-6-3-2-4-7-16/h2-4,6-11H,5,12-14,19H2,1H3. The molecule has 0 fully saturated rings. The maximum atomic E-state index is 12.6. The first kappa shape index (κ1) is 15.3. The van der Waals surface area contributed by atoms with E-state index in [1.54, 1.807) is 0 Å². The molecule has 2 N–H and O–H groups in total. The number of hydrogen-bond donors (Lipinski definition) is 1. The van der Waals surface area contributed by atoms with Gasteiger partial charge < -0.3 is 10.6 Å². The minimum absolute atomic E-state index is 0.110. The van der Waals surface area contributed by atoms with E-state index in [0.29, 0.717) is 19.5 Å². The van der Waals surface area contributed by atoms with Crippen LogP contribution in [-0.4, -0.2) is 19.0 Å². The third-order valence-electron chi connectivity index (χ3n) is 3.43. The second-order valence-electron chi connectivity index (χ2n) is 5.19. The summed E-state index contributed by atoms with van der Waals surface area (Å²) in [6, 6.07) is 17.9. The van der Waals surface area contributed by atoms with Crippen molar-refractivity contribution in [1.82, 2.24) is 0 Å². The molecule has 0 atom stereocenters. The molecule has 110 valence electrons. The second-order valence-corrected chi connectivity index (χ2v) is 5.19. The zero-order valence-corrected chi connectivity index (χ0v) is 12.5. The molecule has 3 nitrogen and oxygen atoms in total. The van der Waals surface area contributed by atoms with Crippen molar-refractivity contribution < 1.29 is 4.79 Å². The first-order valence-electron chi connectivity index (χ1n) is 7.31. The van der Waals surface area contributed by atoms with E-state index in [1.165, 1.54) is 5.56 Å². The number of nitrogens with two attached hydrogens (primary N) is 1. The van der Waals surface area contributed by atoms with Gasteiger partial charge in [0.25, 0.3) is 0 Å². The van der Waals surface area contributed by atoms with Gasteiger partial charge in [0.2, 0.25) is 5.91 Å². The Morgan fingerprint density at radius 2 is 1.71 bits per heavy atom. The van der Waals surface area contributed by atoms with Crippen molar-refractivity contribution in [3.8, 4) is 0 Å². The Kier molecular flexibility index (Phi) is 5.52. The third-order valence-corrected chi connectivity index (χ3v) is 3.43. The molecule has 0 unspecified atom stereocenters. The molecule has 3 heteroatoms. The number of aryl methyl sites for hydroxylation is 1. The van der Waals surface area contributed by atoms with Crippen LogP contribution in [0.5, 0.6) is 0 Å². The molecule has 0 saturated carbocycles. The predicted octanol–water partition coefficient (Wildman–Crippen LogP) is 2.92. The summed E-state index contributed by atoms with van der Waals surface area (Å²) in [7, 11) is 0. The van der Waals surface area contributed by atoms with Crippen LogP contribution in [0.1, 0.15) is 17.5 Å². The summed E-state index contributed by atoms with van der Waals surface area (Å²) in [5, 5.41) is 0. The van der Waals surface area contributed by atoms with Gasteiger partial charge in [-0.3, -0.25) is 4.79 Å². The molecule has 1 amide bonds. The molecule has 2 aromatic rings. The minimum Gasteiger partial charge on any atom is -0.330 e. The second kappa shape index (κ2) is 7.60. The summed E-state index contributed by atoms with van der Waals surface area (Å²) < 4.78 is 0. The van der Waals surface area contributed by atoms with E-state index < -0.39 is 0 Å². The van der Waals surface area contributed by atoms with Crippen LogP contribution >= 0.6 is 0 Å². The van der Waals surface area contributed by atoms with Crippen LogP contribution in [0.2, 0.25) is 0 Å². The predicted molar refractivity (Wildman–Crippen MR) is 87.3 cm³/mol. The number of amides is 1. The summed E-state index contributed by atoms with van der Waals surface area (Å²) >= 11 is 0. The molecule has 2 rings (SSSR count). The summed E-state index contributed by atoms with van der Waals surface area (Å²) in [5.74, 6) is 0.110. The average Bonchev–Trinajstić information content (AvgIpc) is 2.50. The lowest BCUT2D eigenvalue weighted by atomic mass is 10.1. The average molecular weight is 282 g/mol. The van der Waals surface area contributed by atoms with Crippen molar-refractivity contribution >= 4 is 11.6 Å². The molecule has 0 spiro atoms. The molecule has 0 radical (unpaired) electrons. The Bertz CT molecular complexity index is 564. The van der Waals surface area contributed by atoms with Gasteiger partial charge in [-0.25, -0.2) is 0 Å². The van der Waals surface area contributed by atoms with Crippen molar-refractivity contribution in [3.05, 3.63) is 65.7 Å². The maximum Gasteiger partial charge on any atom is 0.231 e. The normalized spacial score (nSPS) is 10.4. The van der Waals surface area contributed by atoms with Crippen LogP contribution in [0.15, 0.2) is 54.6 Å². The molecule has 21 heavy (non-hydrogen) atoms. The van der Waals surface area contributed by atoms with Gasteiger partial charge in [-0.15, -0.1) is 0 Å². The zero-order chi connectivity index (χ0) is 15.1. The van der Waals surface area contributed by atoms with Crippen molar-refractivity contribution in [3.63, 3.8) is 0 Å². The molecule has 2 aromatic carbocycles. The Labute approximate surface area is 126 Å². The van der Waals surface area contributed by atoms with E-state index in [9.17, 15) is 4.79 Å². The van der Waals surface area contributed by atoms with Gasteiger partial charge in [0.15, 0.2) is 0 Å². The van der Waals surface area contributed by atoms with Crippen LogP contribution < -0.4 is 10.6 Å².